The molecule has 0 bridgehead atoms. The summed E-state index contributed by atoms with van der Waals surface area (Å²) in [5, 5.41) is 11.6. The number of hydrogen-bond acceptors (Lipinski definition) is 6. The number of rotatable bonds is 3. The first-order chi connectivity index (χ1) is 11.7. The van der Waals surface area contributed by atoms with Gasteiger partial charge in [-0.1, -0.05) is 0 Å². The molecule has 3 aromatic rings. The average molecular weight is 344 g/mol. The first-order valence-corrected chi connectivity index (χ1v) is 8.23. The highest BCUT2D eigenvalue weighted by molar-refractivity contribution is 6.28. The van der Waals surface area contributed by atoms with Gasteiger partial charge in [0, 0.05) is 43.3 Å². The lowest BCUT2D eigenvalue weighted by atomic mass is 10.2. The molecule has 24 heavy (non-hydrogen) atoms. The average Bonchev–Trinajstić information content (AvgIpc) is 3.02. The number of H-pyrrole nitrogens is 1. The van der Waals surface area contributed by atoms with Gasteiger partial charge < -0.3 is 15.1 Å². The zero-order chi connectivity index (χ0) is 16.5. The Labute approximate surface area is 144 Å². The van der Waals surface area contributed by atoms with Crippen LogP contribution >= 0.6 is 11.6 Å². The zero-order valence-electron chi connectivity index (χ0n) is 13.3. The zero-order valence-corrected chi connectivity index (χ0v) is 14.1. The summed E-state index contributed by atoms with van der Waals surface area (Å²) >= 11 is 6.13. The SMILES string of the molecule is CN1CCN(c2cc(Nc3ccc4[nH]ncc4c3)nc(Cl)n2)CC1. The molecule has 3 heterocycles. The van der Waals surface area contributed by atoms with Crippen molar-refractivity contribution in [3.05, 3.63) is 35.7 Å². The molecule has 2 aromatic heterocycles. The molecule has 1 aliphatic rings. The van der Waals surface area contributed by atoms with Gasteiger partial charge in [0.15, 0.2) is 0 Å². The largest absolute Gasteiger partial charge is 0.354 e. The summed E-state index contributed by atoms with van der Waals surface area (Å²) < 4.78 is 0. The fourth-order valence-electron chi connectivity index (χ4n) is 2.84. The number of hydrogen-bond donors (Lipinski definition) is 2. The Bertz CT molecular complexity index is 855. The van der Waals surface area contributed by atoms with E-state index < -0.39 is 0 Å². The third-order valence-corrected chi connectivity index (χ3v) is 4.39. The van der Waals surface area contributed by atoms with E-state index in [1.807, 2.05) is 24.3 Å². The van der Waals surface area contributed by atoms with Gasteiger partial charge >= 0.3 is 0 Å². The number of nitrogens with zero attached hydrogens (tertiary/aromatic N) is 5. The number of likely N-dealkylation sites (N-methyl/N-ethyl adjacent to an activating group) is 1. The predicted octanol–water partition coefficient (Wildman–Crippen LogP) is 2.50. The first kappa shape index (κ1) is 15.2. The molecule has 0 aliphatic carbocycles. The van der Waals surface area contributed by atoms with Crippen molar-refractivity contribution >= 4 is 39.8 Å². The molecule has 124 valence electrons. The van der Waals surface area contributed by atoms with Gasteiger partial charge in [0.2, 0.25) is 5.28 Å². The summed E-state index contributed by atoms with van der Waals surface area (Å²) in [6.45, 7) is 3.90. The normalized spacial score (nSPS) is 15.8. The molecule has 0 saturated carbocycles. The maximum Gasteiger partial charge on any atom is 0.226 e. The number of anilines is 3. The third kappa shape index (κ3) is 3.13. The maximum absolute atomic E-state index is 6.13. The molecule has 2 N–H and O–H groups in total. The van der Waals surface area contributed by atoms with E-state index >= 15 is 0 Å². The van der Waals surface area contributed by atoms with Crippen molar-refractivity contribution in [2.45, 2.75) is 0 Å². The molecule has 4 rings (SSSR count). The lowest BCUT2D eigenvalue weighted by Crippen LogP contribution is -2.44. The summed E-state index contributed by atoms with van der Waals surface area (Å²) in [6, 6.07) is 7.92. The van der Waals surface area contributed by atoms with E-state index in [4.69, 9.17) is 11.6 Å². The smallest absolute Gasteiger partial charge is 0.226 e. The van der Waals surface area contributed by atoms with E-state index in [1.165, 1.54) is 0 Å². The monoisotopic (exact) mass is 343 g/mol. The van der Waals surface area contributed by atoms with Crippen LogP contribution in [0.2, 0.25) is 5.28 Å². The Morgan fingerprint density at radius 1 is 1.12 bits per heavy atom. The lowest BCUT2D eigenvalue weighted by Gasteiger charge is -2.33. The van der Waals surface area contributed by atoms with Crippen molar-refractivity contribution in [1.82, 2.24) is 25.1 Å². The summed E-state index contributed by atoms with van der Waals surface area (Å²) in [6.07, 6.45) is 1.79. The van der Waals surface area contributed by atoms with Gasteiger partial charge in [-0.2, -0.15) is 5.10 Å². The summed E-state index contributed by atoms with van der Waals surface area (Å²) in [5.74, 6) is 1.54. The molecule has 0 spiro atoms. The minimum absolute atomic E-state index is 0.248. The highest BCUT2D eigenvalue weighted by atomic mass is 35.5. The Morgan fingerprint density at radius 3 is 2.79 bits per heavy atom. The summed E-state index contributed by atoms with van der Waals surface area (Å²) in [7, 11) is 2.13. The second-order valence-electron chi connectivity index (χ2n) is 5.97. The number of benzene rings is 1. The van der Waals surface area contributed by atoms with Crippen LogP contribution < -0.4 is 10.2 Å². The van der Waals surface area contributed by atoms with Crippen molar-refractivity contribution in [3.63, 3.8) is 0 Å². The maximum atomic E-state index is 6.13. The van der Waals surface area contributed by atoms with E-state index in [1.54, 1.807) is 6.20 Å². The van der Waals surface area contributed by atoms with Crippen LogP contribution in [0.1, 0.15) is 0 Å². The number of aromatic amines is 1. The molecule has 1 aromatic carbocycles. The molecule has 0 radical (unpaired) electrons. The molecule has 0 amide bonds. The van der Waals surface area contributed by atoms with Crippen LogP contribution in [0.4, 0.5) is 17.3 Å². The number of nitrogens with one attached hydrogen (secondary N) is 2. The third-order valence-electron chi connectivity index (χ3n) is 4.23. The minimum Gasteiger partial charge on any atom is -0.354 e. The molecule has 1 saturated heterocycles. The quantitative estimate of drug-likeness (QED) is 0.712. The molecule has 1 aliphatic heterocycles. The Morgan fingerprint density at radius 2 is 1.96 bits per heavy atom. The van der Waals surface area contributed by atoms with Crippen LogP contribution in [0.25, 0.3) is 10.9 Å². The fraction of sp³-hybridized carbons (Fsp3) is 0.312. The second-order valence-corrected chi connectivity index (χ2v) is 6.31. The van der Waals surface area contributed by atoms with Crippen LogP contribution in [0.15, 0.2) is 30.5 Å². The second kappa shape index (κ2) is 6.26. The van der Waals surface area contributed by atoms with Gasteiger partial charge in [-0.15, -0.1) is 0 Å². The highest BCUT2D eigenvalue weighted by Crippen LogP contribution is 2.24. The number of aromatic nitrogens is 4. The van der Waals surface area contributed by atoms with Crippen molar-refractivity contribution in [3.8, 4) is 0 Å². The van der Waals surface area contributed by atoms with Gasteiger partial charge in [0.05, 0.1) is 11.7 Å². The fourth-order valence-corrected chi connectivity index (χ4v) is 3.01. The summed E-state index contributed by atoms with van der Waals surface area (Å²) in [4.78, 5) is 13.2. The molecular weight excluding hydrogens is 326 g/mol. The molecule has 0 atom stereocenters. The topological polar surface area (TPSA) is 73.0 Å². The minimum atomic E-state index is 0.248. The number of piperazine rings is 1. The van der Waals surface area contributed by atoms with E-state index in [0.29, 0.717) is 5.82 Å². The Hall–Kier alpha value is -2.38. The standard InChI is InChI=1S/C16H18ClN7/c1-23-4-6-24(7-5-23)15-9-14(20-16(17)21-15)19-12-2-3-13-11(8-12)10-18-22-13/h2-3,8-10H,4-7H2,1H3,(H,18,22)(H,19,20,21). The van der Waals surface area contributed by atoms with Crippen LogP contribution in [-0.2, 0) is 0 Å². The van der Waals surface area contributed by atoms with Gasteiger partial charge in [0.25, 0.3) is 0 Å². The molecule has 8 heteroatoms. The first-order valence-electron chi connectivity index (χ1n) is 7.86. The van der Waals surface area contributed by atoms with E-state index in [2.05, 4.69) is 42.3 Å². The van der Waals surface area contributed by atoms with Crippen LogP contribution in [-0.4, -0.2) is 58.3 Å². The van der Waals surface area contributed by atoms with Crippen LogP contribution in [0.3, 0.4) is 0 Å². The van der Waals surface area contributed by atoms with Crippen molar-refractivity contribution in [2.75, 3.05) is 43.4 Å². The number of fused-ring (bicyclic) bond motifs is 1. The van der Waals surface area contributed by atoms with Crippen molar-refractivity contribution < 1.29 is 0 Å². The highest BCUT2D eigenvalue weighted by Gasteiger charge is 2.17. The van der Waals surface area contributed by atoms with Gasteiger partial charge in [-0.05, 0) is 36.8 Å². The Balaban J connectivity index is 1.58. The van der Waals surface area contributed by atoms with Crippen molar-refractivity contribution in [1.29, 1.82) is 0 Å². The van der Waals surface area contributed by atoms with Crippen LogP contribution in [0, 0.1) is 0 Å². The molecule has 7 nitrogen and oxygen atoms in total. The van der Waals surface area contributed by atoms with E-state index in [9.17, 15) is 0 Å². The Kier molecular flexibility index (Phi) is 3.95. The molecule has 1 fully saturated rings. The summed E-state index contributed by atoms with van der Waals surface area (Å²) in [5.41, 5.74) is 1.93. The van der Waals surface area contributed by atoms with Crippen LogP contribution in [0.5, 0.6) is 0 Å². The van der Waals surface area contributed by atoms with Gasteiger partial charge in [0.1, 0.15) is 11.6 Å². The van der Waals surface area contributed by atoms with Crippen molar-refractivity contribution in [2.24, 2.45) is 0 Å². The molecular formula is C16H18ClN7. The van der Waals surface area contributed by atoms with Gasteiger partial charge in [-0.3, -0.25) is 5.10 Å². The number of halogens is 1. The lowest BCUT2D eigenvalue weighted by molar-refractivity contribution is 0.312. The van der Waals surface area contributed by atoms with Gasteiger partial charge in [-0.25, -0.2) is 9.97 Å². The van der Waals surface area contributed by atoms with E-state index in [-0.39, 0.29) is 5.28 Å². The molecule has 0 unspecified atom stereocenters. The van der Waals surface area contributed by atoms with E-state index in [0.717, 1.165) is 48.6 Å². The predicted molar refractivity (Wildman–Crippen MR) is 96.1 cm³/mol.